The van der Waals surface area contributed by atoms with Crippen LogP contribution >= 0.6 is 0 Å². The van der Waals surface area contributed by atoms with Gasteiger partial charge in [0.05, 0.1) is 0 Å². The van der Waals surface area contributed by atoms with Crippen LogP contribution in [-0.4, -0.2) is 0 Å². The summed E-state index contributed by atoms with van der Waals surface area (Å²) in [6, 6.07) is 13.9. The van der Waals surface area contributed by atoms with Crippen LogP contribution in [-0.2, 0) is 0 Å². The van der Waals surface area contributed by atoms with Crippen LogP contribution < -0.4 is 0 Å². The summed E-state index contributed by atoms with van der Waals surface area (Å²) in [4.78, 5) is 0. The molecule has 0 aliphatic rings. The molecule has 0 heteroatoms. The molecule has 94 valence electrons. The average Bonchev–Trinajstić information content (AvgIpc) is 2.49. The molecule has 18 heavy (non-hydrogen) atoms. The highest BCUT2D eigenvalue weighted by atomic mass is 14.0. The highest BCUT2D eigenvalue weighted by molar-refractivity contribution is 5.87. The third-order valence-electron chi connectivity index (χ3n) is 2.27. The van der Waals surface area contributed by atoms with Crippen LogP contribution in [0.15, 0.2) is 37.4 Å². The van der Waals surface area contributed by atoms with E-state index in [1.807, 2.05) is 52.0 Å². The molecular weight excluding hydrogens is 216 g/mol. The van der Waals surface area contributed by atoms with Crippen molar-refractivity contribution >= 4 is 22.9 Å². The van der Waals surface area contributed by atoms with Gasteiger partial charge in [-0.2, -0.15) is 0 Å². The Morgan fingerprint density at radius 3 is 1.39 bits per heavy atom. The fourth-order valence-corrected chi connectivity index (χ4v) is 1.51. The SMILES string of the molecule is C=Cc1cc2cc#ccc2cc1C=C.CC.CC. The lowest BCUT2D eigenvalue weighted by Crippen LogP contribution is -1.81. The first-order valence-electron chi connectivity index (χ1n) is 6.45. The number of rotatable bonds is 2. The second-order valence-electron chi connectivity index (χ2n) is 3.10. The zero-order valence-electron chi connectivity index (χ0n) is 11.9. The predicted octanol–water partition coefficient (Wildman–Crippen LogP) is 5.78. The third-order valence-corrected chi connectivity index (χ3v) is 2.27. The first-order chi connectivity index (χ1) is 8.85. The molecule has 0 atom stereocenters. The van der Waals surface area contributed by atoms with Crippen molar-refractivity contribution < 1.29 is 0 Å². The van der Waals surface area contributed by atoms with E-state index in [-0.39, 0.29) is 0 Å². The van der Waals surface area contributed by atoms with Gasteiger partial charge in [0.2, 0.25) is 0 Å². The summed E-state index contributed by atoms with van der Waals surface area (Å²) in [5, 5.41) is 2.31. The van der Waals surface area contributed by atoms with E-state index in [1.54, 1.807) is 0 Å². The molecule has 0 spiro atoms. The molecule has 0 unspecified atom stereocenters. The van der Waals surface area contributed by atoms with Gasteiger partial charge in [0, 0.05) is 0 Å². The standard InChI is InChI=1S/C14H10.2C2H6/c1-3-11-9-13-7-5-6-8-14(13)10-12(11)4-2;2*1-2/h3-4,7-10H,1-2H2;2*1-2H3. The van der Waals surface area contributed by atoms with Gasteiger partial charge < -0.3 is 0 Å². The molecule has 0 nitrogen and oxygen atoms in total. The molecule has 0 fully saturated rings. The van der Waals surface area contributed by atoms with Crippen molar-refractivity contribution in [2.75, 3.05) is 0 Å². The first-order valence-corrected chi connectivity index (χ1v) is 6.45. The highest BCUT2D eigenvalue weighted by Crippen LogP contribution is 2.20. The molecular formula is C18H22. The second-order valence-corrected chi connectivity index (χ2v) is 3.10. The Morgan fingerprint density at radius 2 is 1.11 bits per heavy atom. The average molecular weight is 238 g/mol. The number of hydrogen-bond donors (Lipinski definition) is 0. The van der Waals surface area contributed by atoms with Crippen LogP contribution in [0.5, 0.6) is 0 Å². The minimum atomic E-state index is 1.10. The van der Waals surface area contributed by atoms with Crippen molar-refractivity contribution in [1.29, 1.82) is 0 Å². The second kappa shape index (κ2) is 9.07. The Balaban J connectivity index is 0.000000659. The van der Waals surface area contributed by atoms with E-state index >= 15 is 0 Å². The minimum absolute atomic E-state index is 1.10. The summed E-state index contributed by atoms with van der Waals surface area (Å²) in [6.07, 6.45) is 3.68. The number of hydrogen-bond acceptors (Lipinski definition) is 0. The monoisotopic (exact) mass is 238 g/mol. The molecule has 0 aliphatic carbocycles. The first kappa shape index (κ1) is 16.0. The molecule has 0 saturated carbocycles. The Kier molecular flexibility index (Phi) is 8.07. The van der Waals surface area contributed by atoms with Crippen LogP contribution in [0.25, 0.3) is 22.9 Å². The van der Waals surface area contributed by atoms with Crippen LogP contribution in [0.2, 0.25) is 0 Å². The number of fused-ring (bicyclic) bond motifs is 1. The van der Waals surface area contributed by atoms with E-state index in [0.29, 0.717) is 0 Å². The minimum Gasteiger partial charge on any atom is -0.0984 e. The van der Waals surface area contributed by atoms with Gasteiger partial charge >= 0.3 is 0 Å². The van der Waals surface area contributed by atoms with Gasteiger partial charge in [-0.3, -0.25) is 0 Å². The van der Waals surface area contributed by atoms with Gasteiger partial charge in [0.1, 0.15) is 0 Å². The summed E-state index contributed by atoms with van der Waals surface area (Å²) >= 11 is 0. The van der Waals surface area contributed by atoms with E-state index in [2.05, 4.69) is 37.4 Å². The summed E-state index contributed by atoms with van der Waals surface area (Å²) in [5.74, 6) is 0. The van der Waals surface area contributed by atoms with Crippen molar-refractivity contribution in [3.05, 3.63) is 60.7 Å². The summed E-state index contributed by atoms with van der Waals surface area (Å²) in [6.45, 7) is 15.6. The smallest absolute Gasteiger partial charge is 0.00363 e. The zero-order valence-corrected chi connectivity index (χ0v) is 11.9. The van der Waals surface area contributed by atoms with Crippen LogP contribution in [0, 0.1) is 12.1 Å². The largest absolute Gasteiger partial charge is 0.0984 e. The van der Waals surface area contributed by atoms with E-state index in [9.17, 15) is 0 Å². The maximum Gasteiger partial charge on any atom is -0.00363 e. The van der Waals surface area contributed by atoms with Crippen molar-refractivity contribution in [1.82, 2.24) is 0 Å². The molecule has 2 aromatic rings. The molecule has 0 aliphatic heterocycles. The number of benzene rings is 1. The highest BCUT2D eigenvalue weighted by Gasteiger charge is 1.98. The van der Waals surface area contributed by atoms with Gasteiger partial charge in [-0.1, -0.05) is 65.1 Å². The van der Waals surface area contributed by atoms with Crippen LogP contribution in [0.4, 0.5) is 0 Å². The van der Waals surface area contributed by atoms with Crippen molar-refractivity contribution in [2.24, 2.45) is 0 Å². The fourth-order valence-electron chi connectivity index (χ4n) is 1.51. The zero-order chi connectivity index (χ0) is 14.0. The van der Waals surface area contributed by atoms with E-state index in [4.69, 9.17) is 0 Å². The molecule has 0 heterocycles. The van der Waals surface area contributed by atoms with Crippen molar-refractivity contribution in [2.45, 2.75) is 27.7 Å². The topological polar surface area (TPSA) is 0 Å². The lowest BCUT2D eigenvalue weighted by atomic mass is 10.0. The Bertz CT molecular complexity index is 446. The van der Waals surface area contributed by atoms with E-state index < -0.39 is 0 Å². The fraction of sp³-hybridized carbons (Fsp3) is 0.222. The Morgan fingerprint density at radius 1 is 0.778 bits per heavy atom. The van der Waals surface area contributed by atoms with Gasteiger partial charge in [0.25, 0.3) is 0 Å². The van der Waals surface area contributed by atoms with E-state index in [1.165, 1.54) is 0 Å². The molecule has 0 amide bonds. The third kappa shape index (κ3) is 3.79. The van der Waals surface area contributed by atoms with Gasteiger partial charge in [-0.05, 0) is 46.2 Å². The van der Waals surface area contributed by atoms with Crippen molar-refractivity contribution in [3.8, 4) is 0 Å². The molecule has 0 N–H and O–H groups in total. The van der Waals surface area contributed by atoms with Crippen molar-refractivity contribution in [3.63, 3.8) is 0 Å². The molecule has 0 bridgehead atoms. The summed E-state index contributed by atoms with van der Waals surface area (Å²) < 4.78 is 0. The summed E-state index contributed by atoms with van der Waals surface area (Å²) in [7, 11) is 0. The quantitative estimate of drug-likeness (QED) is 0.622. The maximum absolute atomic E-state index is 3.78. The van der Waals surface area contributed by atoms with Gasteiger partial charge in [-0.15, -0.1) is 0 Å². The van der Waals surface area contributed by atoms with Crippen LogP contribution in [0.1, 0.15) is 38.8 Å². The lowest BCUT2D eigenvalue weighted by Gasteiger charge is -2.02. The lowest BCUT2D eigenvalue weighted by molar-refractivity contribution is 1.50. The molecule has 2 aromatic carbocycles. The Labute approximate surface area is 112 Å². The maximum atomic E-state index is 3.78. The van der Waals surface area contributed by atoms with Gasteiger partial charge in [-0.25, -0.2) is 0 Å². The molecule has 0 radical (unpaired) electrons. The normalized spacial score (nSPS) is 8.00. The van der Waals surface area contributed by atoms with E-state index in [0.717, 1.165) is 21.9 Å². The van der Waals surface area contributed by atoms with Crippen LogP contribution in [0.3, 0.4) is 0 Å². The summed E-state index contributed by atoms with van der Waals surface area (Å²) in [5.41, 5.74) is 2.21. The van der Waals surface area contributed by atoms with Gasteiger partial charge in [0.15, 0.2) is 0 Å². The Hall–Kier alpha value is -2.00. The predicted molar refractivity (Wildman–Crippen MR) is 84.5 cm³/mol. The molecule has 0 saturated heterocycles. The molecule has 2 rings (SSSR count). The molecule has 0 aromatic heterocycles.